The van der Waals surface area contributed by atoms with Gasteiger partial charge < -0.3 is 19.8 Å². The molecular weight excluding hydrogens is 380 g/mol. The fourth-order valence-corrected chi connectivity index (χ4v) is 6.40. The summed E-state index contributed by atoms with van der Waals surface area (Å²) in [6.07, 6.45) is 5.73. The van der Waals surface area contributed by atoms with Gasteiger partial charge in [-0.05, 0) is 74.2 Å². The van der Waals surface area contributed by atoms with E-state index >= 15 is 0 Å². The predicted octanol–water partition coefficient (Wildman–Crippen LogP) is 1.71. The van der Waals surface area contributed by atoms with Crippen molar-refractivity contribution in [2.45, 2.75) is 62.0 Å². The third-order valence-corrected chi connectivity index (χ3v) is 8.24. The molecule has 0 spiro atoms. The first-order valence-corrected chi connectivity index (χ1v) is 11.5. The summed E-state index contributed by atoms with van der Waals surface area (Å²) in [6, 6.07) is 6.27. The van der Waals surface area contributed by atoms with E-state index in [9.17, 15) is 15.0 Å². The molecule has 2 bridgehead atoms. The van der Waals surface area contributed by atoms with Crippen LogP contribution in [0.2, 0.25) is 0 Å². The number of hydrogen-bond acceptors (Lipinski definition) is 5. The number of ether oxygens (including phenoxy) is 1. The number of methoxy groups -OCH3 is 1. The van der Waals surface area contributed by atoms with Gasteiger partial charge >= 0.3 is 0 Å². The molecule has 0 aromatic heterocycles. The molecule has 3 fully saturated rings. The second-order valence-corrected chi connectivity index (χ2v) is 9.82. The van der Waals surface area contributed by atoms with Gasteiger partial charge in [-0.3, -0.25) is 9.69 Å². The van der Waals surface area contributed by atoms with Crippen LogP contribution in [0.4, 0.5) is 0 Å². The van der Waals surface area contributed by atoms with Crippen molar-refractivity contribution in [3.8, 4) is 5.75 Å². The Morgan fingerprint density at radius 2 is 2.07 bits per heavy atom. The van der Waals surface area contributed by atoms with Crippen molar-refractivity contribution in [2.75, 3.05) is 39.9 Å². The molecule has 2 aliphatic heterocycles. The lowest BCUT2D eigenvalue weighted by atomic mass is 9.52. The molecule has 6 nitrogen and oxygen atoms in total. The summed E-state index contributed by atoms with van der Waals surface area (Å²) in [5.41, 5.74) is 0.875. The van der Waals surface area contributed by atoms with Crippen molar-refractivity contribution in [1.29, 1.82) is 0 Å². The monoisotopic (exact) mass is 414 g/mol. The van der Waals surface area contributed by atoms with Crippen LogP contribution in [0.15, 0.2) is 18.2 Å². The Labute approximate surface area is 178 Å². The minimum absolute atomic E-state index is 0.0540. The fourth-order valence-electron chi connectivity index (χ4n) is 6.40. The van der Waals surface area contributed by atoms with Gasteiger partial charge in [-0.1, -0.05) is 6.07 Å². The highest BCUT2D eigenvalue weighted by Gasteiger charge is 2.64. The summed E-state index contributed by atoms with van der Waals surface area (Å²) in [6.45, 7) is 3.20. The van der Waals surface area contributed by atoms with Crippen LogP contribution in [0.25, 0.3) is 0 Å². The number of aliphatic hydroxyl groups is 2. The van der Waals surface area contributed by atoms with Gasteiger partial charge in [0.15, 0.2) is 0 Å². The molecule has 1 aromatic rings. The molecule has 2 saturated heterocycles. The average Bonchev–Trinajstić information content (AvgIpc) is 3.56. The van der Waals surface area contributed by atoms with Crippen LogP contribution < -0.4 is 4.74 Å². The summed E-state index contributed by atoms with van der Waals surface area (Å²) in [4.78, 5) is 17.7. The van der Waals surface area contributed by atoms with Gasteiger partial charge in [-0.25, -0.2) is 0 Å². The molecule has 6 heteroatoms. The molecule has 30 heavy (non-hydrogen) atoms. The second-order valence-electron chi connectivity index (χ2n) is 9.82. The molecule has 2 N–H and O–H groups in total. The van der Waals surface area contributed by atoms with Crippen molar-refractivity contribution in [1.82, 2.24) is 9.80 Å². The quantitative estimate of drug-likeness (QED) is 0.741. The van der Waals surface area contributed by atoms with E-state index in [-0.39, 0.29) is 18.6 Å². The van der Waals surface area contributed by atoms with E-state index in [0.29, 0.717) is 32.4 Å². The maximum absolute atomic E-state index is 13.3. The largest absolute Gasteiger partial charge is 0.497 e. The third kappa shape index (κ3) is 3.07. The number of likely N-dealkylation sites (tertiary alicyclic amines) is 2. The third-order valence-electron chi connectivity index (χ3n) is 8.24. The average molecular weight is 415 g/mol. The summed E-state index contributed by atoms with van der Waals surface area (Å²) in [5.74, 6) is 1.66. The highest BCUT2D eigenvalue weighted by Crippen LogP contribution is 2.57. The summed E-state index contributed by atoms with van der Waals surface area (Å²) in [7, 11) is 1.67. The smallest absolute Gasteiger partial charge is 0.223 e. The normalized spacial score (nSPS) is 33.6. The van der Waals surface area contributed by atoms with Crippen LogP contribution in [0.1, 0.15) is 49.7 Å². The van der Waals surface area contributed by atoms with Gasteiger partial charge in [0.2, 0.25) is 5.91 Å². The fraction of sp³-hybridized carbons (Fsp3) is 0.708. The number of nitrogens with zero attached hydrogens (tertiary/aromatic N) is 2. The lowest BCUT2D eigenvalue weighted by Gasteiger charge is -2.61. The van der Waals surface area contributed by atoms with Crippen LogP contribution in [0.5, 0.6) is 5.75 Å². The van der Waals surface area contributed by atoms with Crippen molar-refractivity contribution >= 4 is 5.91 Å². The lowest BCUT2D eigenvalue weighted by Crippen LogP contribution is -2.71. The lowest BCUT2D eigenvalue weighted by molar-refractivity contribution is -0.153. The number of piperidine rings is 1. The molecule has 3 atom stereocenters. The highest BCUT2D eigenvalue weighted by atomic mass is 16.5. The van der Waals surface area contributed by atoms with Crippen LogP contribution in [-0.4, -0.2) is 77.5 Å². The second kappa shape index (κ2) is 7.50. The van der Waals surface area contributed by atoms with E-state index in [1.807, 2.05) is 11.0 Å². The molecule has 2 aliphatic carbocycles. The Morgan fingerprint density at radius 3 is 2.80 bits per heavy atom. The van der Waals surface area contributed by atoms with Gasteiger partial charge in [0.1, 0.15) is 5.75 Å². The van der Waals surface area contributed by atoms with Crippen LogP contribution >= 0.6 is 0 Å². The van der Waals surface area contributed by atoms with Crippen LogP contribution in [0, 0.1) is 5.92 Å². The Kier molecular flexibility index (Phi) is 5.07. The summed E-state index contributed by atoms with van der Waals surface area (Å²) < 4.78 is 5.53. The Balaban J connectivity index is 1.59. The van der Waals surface area contributed by atoms with E-state index in [4.69, 9.17) is 4.74 Å². The first-order valence-electron chi connectivity index (χ1n) is 11.5. The van der Waals surface area contributed by atoms with Gasteiger partial charge in [0.05, 0.1) is 12.7 Å². The zero-order valence-electron chi connectivity index (χ0n) is 18.0. The van der Waals surface area contributed by atoms with Gasteiger partial charge in [0.25, 0.3) is 0 Å². The standard InChI is InChI=1S/C24H34N2O4/c1-30-19-6-5-18-13-21-24(29)8-11-25(9-2-12-27)22(28)15-23(24,20(18)14-19)7-10-26(21)16-17-3-4-17/h5-6,14,17,21,27,29H,2-4,7-13,15-16H2,1H3/t21-,23-,24-/m1/s1. The molecule has 1 aromatic carbocycles. The summed E-state index contributed by atoms with van der Waals surface area (Å²) in [5, 5.41) is 21.7. The van der Waals surface area contributed by atoms with Crippen molar-refractivity contribution < 1.29 is 19.7 Å². The van der Waals surface area contributed by atoms with Gasteiger partial charge in [-0.15, -0.1) is 0 Å². The summed E-state index contributed by atoms with van der Waals surface area (Å²) >= 11 is 0. The predicted molar refractivity (Wildman–Crippen MR) is 114 cm³/mol. The molecule has 1 saturated carbocycles. The van der Waals surface area contributed by atoms with Gasteiger partial charge in [0, 0.05) is 44.1 Å². The highest BCUT2D eigenvalue weighted by molar-refractivity contribution is 5.79. The first-order chi connectivity index (χ1) is 14.5. The van der Waals surface area contributed by atoms with Crippen LogP contribution in [0.3, 0.4) is 0 Å². The molecule has 0 unspecified atom stereocenters. The number of carbonyl (C=O) groups is 1. The number of rotatable bonds is 6. The maximum atomic E-state index is 13.3. The number of hydrogen-bond donors (Lipinski definition) is 2. The number of amides is 1. The van der Waals surface area contributed by atoms with E-state index in [0.717, 1.165) is 43.2 Å². The Hall–Kier alpha value is -1.63. The van der Waals surface area contributed by atoms with Gasteiger partial charge in [-0.2, -0.15) is 0 Å². The maximum Gasteiger partial charge on any atom is 0.223 e. The SMILES string of the molecule is COc1ccc2c(c1)[C@]13CCN(CC4CC4)[C@H](C2)[C@]1(O)CCN(CCCO)C(=O)C3. The Bertz CT molecular complexity index is 825. The zero-order chi connectivity index (χ0) is 20.9. The minimum Gasteiger partial charge on any atom is -0.497 e. The number of carbonyl (C=O) groups excluding carboxylic acids is 1. The molecule has 0 radical (unpaired) electrons. The van der Waals surface area contributed by atoms with Crippen molar-refractivity contribution in [2.24, 2.45) is 5.92 Å². The van der Waals surface area contributed by atoms with E-state index < -0.39 is 11.0 Å². The topological polar surface area (TPSA) is 73.2 Å². The molecule has 164 valence electrons. The Morgan fingerprint density at radius 1 is 1.23 bits per heavy atom. The molecule has 1 amide bonds. The minimum atomic E-state index is -0.927. The molecule has 2 heterocycles. The number of aliphatic hydroxyl groups excluding tert-OH is 1. The first kappa shape index (κ1) is 20.3. The zero-order valence-corrected chi connectivity index (χ0v) is 18.0. The number of benzene rings is 1. The molecule has 4 aliphatic rings. The molecular formula is C24H34N2O4. The van der Waals surface area contributed by atoms with Crippen molar-refractivity contribution in [3.63, 3.8) is 0 Å². The van der Waals surface area contributed by atoms with Crippen molar-refractivity contribution in [3.05, 3.63) is 29.3 Å². The molecule has 5 rings (SSSR count). The van der Waals surface area contributed by atoms with E-state index in [2.05, 4.69) is 17.0 Å². The van der Waals surface area contributed by atoms with E-state index in [1.54, 1.807) is 7.11 Å². The number of fused-ring (bicyclic) bond motifs is 1. The van der Waals surface area contributed by atoms with Crippen LogP contribution in [-0.2, 0) is 16.6 Å². The van der Waals surface area contributed by atoms with E-state index in [1.165, 1.54) is 18.4 Å².